The van der Waals surface area contributed by atoms with Crippen LogP contribution in [0.5, 0.6) is 0 Å². The van der Waals surface area contributed by atoms with Crippen molar-refractivity contribution >= 4 is 0 Å². The molecule has 0 atom stereocenters. The zero-order valence-electron chi connectivity index (χ0n) is 4.41. The minimum atomic E-state index is 0. The normalized spacial score (nSPS) is 4.71. The van der Waals surface area contributed by atoms with Crippen LogP contribution in [-0.4, -0.2) is 6.61 Å². The fraction of sp³-hybridized carbons (Fsp3) is 0.500. The van der Waals surface area contributed by atoms with Gasteiger partial charge in [0.15, 0.2) is 6.26 Å². The third kappa shape index (κ3) is 21.3. The number of halogens is 1. The molecule has 0 rings (SSSR count). The van der Waals surface area contributed by atoms with Gasteiger partial charge in [-0.2, -0.15) is 0 Å². The van der Waals surface area contributed by atoms with Crippen molar-refractivity contribution < 1.29 is 36.6 Å². The van der Waals surface area contributed by atoms with Gasteiger partial charge in [0, 0.05) is 19.5 Å². The monoisotopic (exact) mass is 170 g/mol. The van der Waals surface area contributed by atoms with Crippen molar-refractivity contribution in [2.45, 2.75) is 6.92 Å². The number of hydrogen-bond donors (Lipinski definition) is 0. The average Bonchev–Trinajstić information content (AvgIpc) is 1.41. The predicted molar refractivity (Wildman–Crippen MR) is 20.5 cm³/mol. The summed E-state index contributed by atoms with van der Waals surface area (Å²) in [7, 11) is 0. The third-order valence-electron chi connectivity index (χ3n) is 0.246. The Bertz CT molecular complexity index is 32.9. The first-order valence-electron chi connectivity index (χ1n) is 1.55. The first-order chi connectivity index (χ1) is 2.41. The van der Waals surface area contributed by atoms with Crippen LogP contribution in [-0.2, 0) is 24.2 Å². The van der Waals surface area contributed by atoms with Gasteiger partial charge in [-0.1, -0.05) is 6.58 Å². The number of hydrogen-bond acceptors (Lipinski definition) is 1. The van der Waals surface area contributed by atoms with E-state index in [1.807, 2.05) is 6.92 Å². The van der Waals surface area contributed by atoms with Crippen molar-refractivity contribution in [3.05, 3.63) is 12.8 Å². The van der Waals surface area contributed by atoms with Crippen LogP contribution in [0.2, 0.25) is 0 Å². The molecule has 0 bridgehead atoms. The maximum Gasteiger partial charge on any atom is 0.153 e. The Balaban J connectivity index is -0.0000000800. The van der Waals surface area contributed by atoms with Gasteiger partial charge in [0.05, 0.1) is 6.61 Å². The van der Waals surface area contributed by atoms with Crippen LogP contribution in [0.4, 0.5) is 0 Å². The van der Waals surface area contributed by atoms with Crippen LogP contribution in [0.15, 0.2) is 6.58 Å². The third-order valence-corrected chi connectivity index (χ3v) is 0.246. The Morgan fingerprint density at radius 3 is 2.14 bits per heavy atom. The maximum atomic E-state index is 4.47. The van der Waals surface area contributed by atoms with Crippen LogP contribution in [0, 0.1) is 6.26 Å². The van der Waals surface area contributed by atoms with Gasteiger partial charge in [-0.3, -0.25) is 0 Å². The minimum Gasteiger partial charge on any atom is -1.00 e. The van der Waals surface area contributed by atoms with Crippen LogP contribution < -0.4 is 12.4 Å². The second kappa shape index (κ2) is 16.1. The number of rotatable bonds is 2. The van der Waals surface area contributed by atoms with Crippen molar-refractivity contribution in [1.82, 2.24) is 0 Å². The molecule has 0 aliphatic carbocycles. The molecule has 3 heteroatoms. The van der Waals surface area contributed by atoms with E-state index in [1.165, 1.54) is 0 Å². The molecule has 0 spiro atoms. The fourth-order valence-electron chi connectivity index (χ4n) is 0.102. The molecule has 0 aromatic rings. The van der Waals surface area contributed by atoms with E-state index < -0.39 is 0 Å². The molecule has 0 fully saturated rings. The van der Waals surface area contributed by atoms with Gasteiger partial charge in [-0.25, -0.2) is 0 Å². The summed E-state index contributed by atoms with van der Waals surface area (Å²) >= 11 is 0. The largest absolute Gasteiger partial charge is 1.00 e. The Kier molecular flexibility index (Phi) is 36.0. The van der Waals surface area contributed by atoms with Crippen molar-refractivity contribution in [2.75, 3.05) is 6.61 Å². The summed E-state index contributed by atoms with van der Waals surface area (Å²) in [6.45, 7) is 5.76. The molecule has 0 aliphatic rings. The maximum absolute atomic E-state index is 4.47. The van der Waals surface area contributed by atoms with Gasteiger partial charge >= 0.3 is 0 Å². The quantitative estimate of drug-likeness (QED) is 0.344. The molecule has 0 aromatic carbocycles. The van der Waals surface area contributed by atoms with E-state index in [0.29, 0.717) is 6.61 Å². The van der Waals surface area contributed by atoms with Gasteiger partial charge in [0.2, 0.25) is 0 Å². The molecule has 0 amide bonds. The van der Waals surface area contributed by atoms with E-state index in [2.05, 4.69) is 17.6 Å². The second-order valence-electron chi connectivity index (χ2n) is 0.577. The first kappa shape index (κ1) is 15.7. The van der Waals surface area contributed by atoms with Crippen LogP contribution >= 0.6 is 0 Å². The van der Waals surface area contributed by atoms with Gasteiger partial charge in [0.1, 0.15) is 0 Å². The van der Waals surface area contributed by atoms with Crippen molar-refractivity contribution in [2.24, 2.45) is 0 Å². The molecule has 0 aliphatic heterocycles. The van der Waals surface area contributed by atoms with Crippen molar-refractivity contribution in [3.63, 3.8) is 0 Å². The minimum absolute atomic E-state index is 0. The van der Waals surface area contributed by atoms with Crippen LogP contribution in [0.1, 0.15) is 6.92 Å². The smallest absolute Gasteiger partial charge is 0.153 e. The van der Waals surface area contributed by atoms with E-state index in [0.717, 1.165) is 0 Å². The van der Waals surface area contributed by atoms with Gasteiger partial charge in [-0.15, -0.1) is 0 Å². The molecule has 0 saturated carbocycles. The first-order valence-corrected chi connectivity index (χ1v) is 1.55. The van der Waals surface area contributed by atoms with Gasteiger partial charge in [-0.05, 0) is 6.92 Å². The zero-order chi connectivity index (χ0) is 4.12. The molecule has 7 heavy (non-hydrogen) atoms. The molecule has 1 radical (unpaired) electrons. The molecule has 0 saturated heterocycles. The summed E-state index contributed by atoms with van der Waals surface area (Å²) in [6.07, 6.45) is 2.27. The second-order valence-corrected chi connectivity index (χ2v) is 0.577. The predicted octanol–water partition coefficient (Wildman–Crippen LogP) is -2.03. The SMILES string of the molecule is C=[C]OCC.[Cl-].[Zn]. The Morgan fingerprint density at radius 2 is 2.14 bits per heavy atom. The van der Waals surface area contributed by atoms with Crippen LogP contribution in [0.3, 0.4) is 0 Å². The molecule has 0 N–H and O–H groups in total. The van der Waals surface area contributed by atoms with Crippen molar-refractivity contribution in [3.8, 4) is 0 Å². The summed E-state index contributed by atoms with van der Waals surface area (Å²) in [5, 5.41) is 0. The molecule has 39 valence electrons. The topological polar surface area (TPSA) is 9.23 Å². The van der Waals surface area contributed by atoms with Gasteiger partial charge in [0.25, 0.3) is 0 Å². The molecular weight excluding hydrogens is 165 g/mol. The summed E-state index contributed by atoms with van der Waals surface area (Å²) in [5.74, 6) is 0. The number of ether oxygens (including phenoxy) is 1. The van der Waals surface area contributed by atoms with Crippen LogP contribution in [0.25, 0.3) is 0 Å². The molecule has 1 nitrogen and oxygen atoms in total. The average molecular weight is 172 g/mol. The molecule has 0 unspecified atom stereocenters. The Labute approximate surface area is 63.3 Å². The standard InChI is InChI=1S/C4H7O.ClH.Zn/c1-3-5-4-2;;/h1,4H2,2H3;1H;/p-1. The van der Waals surface area contributed by atoms with E-state index in [1.54, 1.807) is 0 Å². The Hall–Kier alpha value is 0.453. The molecule has 0 heterocycles. The van der Waals surface area contributed by atoms with E-state index in [-0.39, 0.29) is 31.9 Å². The summed E-state index contributed by atoms with van der Waals surface area (Å²) in [5.41, 5.74) is 0. The molecule has 0 aromatic heterocycles. The van der Waals surface area contributed by atoms with E-state index >= 15 is 0 Å². The summed E-state index contributed by atoms with van der Waals surface area (Å²) < 4.78 is 4.47. The molecular formula is C4H7ClOZn-. The van der Waals surface area contributed by atoms with Gasteiger partial charge < -0.3 is 17.1 Å². The zero-order valence-corrected chi connectivity index (χ0v) is 8.13. The van der Waals surface area contributed by atoms with E-state index in [4.69, 9.17) is 0 Å². The van der Waals surface area contributed by atoms with Crippen molar-refractivity contribution in [1.29, 1.82) is 0 Å². The van der Waals surface area contributed by atoms with E-state index in [9.17, 15) is 0 Å². The fourth-order valence-corrected chi connectivity index (χ4v) is 0.102. The summed E-state index contributed by atoms with van der Waals surface area (Å²) in [6, 6.07) is 0. The Morgan fingerprint density at radius 1 is 1.71 bits per heavy atom. The summed E-state index contributed by atoms with van der Waals surface area (Å²) in [4.78, 5) is 0.